The van der Waals surface area contributed by atoms with Gasteiger partial charge in [-0.3, -0.25) is 0 Å². The van der Waals surface area contributed by atoms with E-state index in [-0.39, 0.29) is 17.9 Å². The quantitative estimate of drug-likeness (QED) is 0.723. The lowest BCUT2D eigenvalue weighted by molar-refractivity contribution is 0.0197. The molecule has 2 aromatic carbocycles. The summed E-state index contributed by atoms with van der Waals surface area (Å²) in [7, 11) is 1.53. The monoisotopic (exact) mass is 344 g/mol. The maximum absolute atomic E-state index is 10.5. The molecule has 0 saturated heterocycles. The summed E-state index contributed by atoms with van der Waals surface area (Å²) in [6, 6.07) is 7.91. The fraction of sp³-hybridized carbons (Fsp3) is 0.263. The summed E-state index contributed by atoms with van der Waals surface area (Å²) in [6.45, 7) is 3.96. The van der Waals surface area contributed by atoms with Crippen LogP contribution in [0.25, 0.3) is 0 Å². The molecule has 0 bridgehead atoms. The van der Waals surface area contributed by atoms with Crippen molar-refractivity contribution in [3.8, 4) is 28.7 Å². The van der Waals surface area contributed by atoms with Gasteiger partial charge in [-0.2, -0.15) is 0 Å². The van der Waals surface area contributed by atoms with Gasteiger partial charge >= 0.3 is 0 Å². The number of aliphatic hydroxyl groups excluding tert-OH is 1. The van der Waals surface area contributed by atoms with Gasteiger partial charge in [0.15, 0.2) is 11.5 Å². The van der Waals surface area contributed by atoms with Crippen molar-refractivity contribution in [2.24, 2.45) is 0 Å². The van der Waals surface area contributed by atoms with Crippen molar-refractivity contribution >= 4 is 0 Å². The van der Waals surface area contributed by atoms with Gasteiger partial charge in [-0.1, -0.05) is 18.7 Å². The summed E-state index contributed by atoms with van der Waals surface area (Å²) in [5.74, 6) is 1.22. The largest absolute Gasteiger partial charge is 0.508 e. The van der Waals surface area contributed by atoms with E-state index >= 15 is 0 Å². The maximum Gasteiger partial charge on any atom is 0.161 e. The second-order valence-corrected chi connectivity index (χ2v) is 5.76. The summed E-state index contributed by atoms with van der Waals surface area (Å²) < 4.78 is 16.7. The van der Waals surface area contributed by atoms with E-state index in [9.17, 15) is 15.3 Å². The second-order valence-electron chi connectivity index (χ2n) is 5.76. The molecule has 0 saturated carbocycles. The molecule has 0 spiro atoms. The standard InChI is InChI=1S/C19H20O6/c1-3-6-24-16-5-4-11(7-18(16)23-2)19-15(22)10-13-14(21)8-12(20)9-17(13)25-19/h3-5,7-9,15,19-22H,1,6,10H2,2H3. The molecule has 1 heterocycles. The average Bonchev–Trinajstić information content (AvgIpc) is 2.60. The highest BCUT2D eigenvalue weighted by Crippen LogP contribution is 2.43. The molecule has 0 radical (unpaired) electrons. The first kappa shape index (κ1) is 17.0. The summed E-state index contributed by atoms with van der Waals surface area (Å²) in [4.78, 5) is 0. The first-order valence-electron chi connectivity index (χ1n) is 7.84. The summed E-state index contributed by atoms with van der Waals surface area (Å²) >= 11 is 0. The predicted octanol–water partition coefficient (Wildman–Crippen LogP) is 2.71. The number of fused-ring (bicyclic) bond motifs is 1. The van der Waals surface area contributed by atoms with Gasteiger partial charge < -0.3 is 29.5 Å². The molecular weight excluding hydrogens is 324 g/mol. The van der Waals surface area contributed by atoms with Crippen LogP contribution < -0.4 is 14.2 Å². The highest BCUT2D eigenvalue weighted by molar-refractivity contribution is 5.52. The number of phenolic OH excluding ortho intramolecular Hbond substituents is 2. The Labute approximate surface area is 145 Å². The van der Waals surface area contributed by atoms with Crippen LogP contribution in [0.2, 0.25) is 0 Å². The van der Waals surface area contributed by atoms with Gasteiger partial charge in [0.2, 0.25) is 0 Å². The van der Waals surface area contributed by atoms with E-state index in [0.29, 0.717) is 35.0 Å². The third-order valence-corrected chi connectivity index (χ3v) is 4.06. The molecule has 0 fully saturated rings. The molecule has 1 aliphatic heterocycles. The Morgan fingerprint density at radius 2 is 2.04 bits per heavy atom. The second kappa shape index (κ2) is 6.94. The fourth-order valence-electron chi connectivity index (χ4n) is 2.88. The average molecular weight is 344 g/mol. The molecule has 0 amide bonds. The zero-order valence-corrected chi connectivity index (χ0v) is 13.8. The Balaban J connectivity index is 1.92. The first-order chi connectivity index (χ1) is 12.0. The van der Waals surface area contributed by atoms with E-state index < -0.39 is 12.2 Å². The van der Waals surface area contributed by atoms with Crippen LogP contribution in [0.3, 0.4) is 0 Å². The summed E-state index contributed by atoms with van der Waals surface area (Å²) in [5, 5.41) is 30.0. The van der Waals surface area contributed by atoms with Gasteiger partial charge in [0.1, 0.15) is 30.0 Å². The van der Waals surface area contributed by atoms with Crippen LogP contribution in [0.15, 0.2) is 43.0 Å². The van der Waals surface area contributed by atoms with Crippen LogP contribution in [-0.4, -0.2) is 35.1 Å². The lowest BCUT2D eigenvalue weighted by Gasteiger charge is -2.31. The molecule has 6 nitrogen and oxygen atoms in total. The number of hydrogen-bond acceptors (Lipinski definition) is 6. The Morgan fingerprint density at radius 1 is 1.24 bits per heavy atom. The molecule has 2 atom stereocenters. The van der Waals surface area contributed by atoms with E-state index in [4.69, 9.17) is 14.2 Å². The Kier molecular flexibility index (Phi) is 4.72. The number of aliphatic hydroxyl groups is 1. The number of benzene rings is 2. The first-order valence-corrected chi connectivity index (χ1v) is 7.84. The fourth-order valence-corrected chi connectivity index (χ4v) is 2.88. The van der Waals surface area contributed by atoms with Crippen molar-refractivity contribution in [1.82, 2.24) is 0 Å². The van der Waals surface area contributed by atoms with E-state index in [2.05, 4.69) is 6.58 Å². The number of ether oxygens (including phenoxy) is 3. The van der Waals surface area contributed by atoms with Crippen molar-refractivity contribution in [3.63, 3.8) is 0 Å². The van der Waals surface area contributed by atoms with Crippen LogP contribution in [0.4, 0.5) is 0 Å². The molecule has 0 aromatic heterocycles. The molecule has 132 valence electrons. The molecular formula is C19H20O6. The van der Waals surface area contributed by atoms with E-state index in [0.717, 1.165) is 0 Å². The highest BCUT2D eigenvalue weighted by Gasteiger charge is 2.32. The normalized spacial score (nSPS) is 18.8. The smallest absolute Gasteiger partial charge is 0.161 e. The number of phenols is 2. The zero-order valence-electron chi connectivity index (χ0n) is 13.8. The number of methoxy groups -OCH3 is 1. The molecule has 1 aliphatic rings. The van der Waals surface area contributed by atoms with Crippen LogP contribution in [0.5, 0.6) is 28.7 Å². The van der Waals surface area contributed by atoms with Gasteiger partial charge in [-0.05, 0) is 17.7 Å². The minimum atomic E-state index is -0.854. The third-order valence-electron chi connectivity index (χ3n) is 4.06. The Hall–Kier alpha value is -2.86. The topological polar surface area (TPSA) is 88.4 Å². The Morgan fingerprint density at radius 3 is 2.76 bits per heavy atom. The van der Waals surface area contributed by atoms with Gasteiger partial charge in [0, 0.05) is 24.1 Å². The lowest BCUT2D eigenvalue weighted by Crippen LogP contribution is -2.30. The van der Waals surface area contributed by atoms with Crippen LogP contribution in [-0.2, 0) is 6.42 Å². The number of rotatable bonds is 5. The van der Waals surface area contributed by atoms with Crippen LogP contribution >= 0.6 is 0 Å². The zero-order chi connectivity index (χ0) is 18.0. The third kappa shape index (κ3) is 3.34. The maximum atomic E-state index is 10.5. The van der Waals surface area contributed by atoms with Crippen LogP contribution in [0, 0.1) is 0 Å². The van der Waals surface area contributed by atoms with Crippen LogP contribution in [0.1, 0.15) is 17.2 Å². The molecule has 3 N–H and O–H groups in total. The molecule has 6 heteroatoms. The van der Waals surface area contributed by atoms with Gasteiger partial charge in [0.05, 0.1) is 13.2 Å². The summed E-state index contributed by atoms with van der Waals surface area (Å²) in [5.41, 5.74) is 1.17. The molecule has 25 heavy (non-hydrogen) atoms. The summed E-state index contributed by atoms with van der Waals surface area (Å²) in [6.07, 6.45) is 0.337. The van der Waals surface area contributed by atoms with Gasteiger partial charge in [-0.25, -0.2) is 0 Å². The Bertz CT molecular complexity index is 786. The van der Waals surface area contributed by atoms with E-state index in [1.54, 1.807) is 24.3 Å². The molecule has 2 unspecified atom stereocenters. The van der Waals surface area contributed by atoms with Crippen molar-refractivity contribution < 1.29 is 29.5 Å². The van der Waals surface area contributed by atoms with Crippen molar-refractivity contribution in [1.29, 1.82) is 0 Å². The lowest BCUT2D eigenvalue weighted by atomic mass is 9.94. The predicted molar refractivity (Wildman–Crippen MR) is 91.5 cm³/mol. The van der Waals surface area contributed by atoms with E-state index in [1.165, 1.54) is 19.2 Å². The highest BCUT2D eigenvalue weighted by atomic mass is 16.5. The van der Waals surface area contributed by atoms with E-state index in [1.807, 2.05) is 0 Å². The molecule has 0 aliphatic carbocycles. The minimum Gasteiger partial charge on any atom is -0.508 e. The van der Waals surface area contributed by atoms with Gasteiger partial charge in [0.25, 0.3) is 0 Å². The number of hydrogen-bond donors (Lipinski definition) is 3. The van der Waals surface area contributed by atoms with Crippen molar-refractivity contribution in [2.45, 2.75) is 18.6 Å². The number of aromatic hydroxyl groups is 2. The van der Waals surface area contributed by atoms with Crippen molar-refractivity contribution in [2.75, 3.05) is 13.7 Å². The molecule has 3 rings (SSSR count). The minimum absolute atomic E-state index is 0.0988. The SMILES string of the molecule is C=CCOc1ccc(C2Oc3cc(O)cc(O)c3CC2O)cc1OC. The van der Waals surface area contributed by atoms with Gasteiger partial charge in [-0.15, -0.1) is 0 Å². The molecule has 2 aromatic rings. The van der Waals surface area contributed by atoms with Crippen molar-refractivity contribution in [3.05, 3.63) is 54.1 Å².